The van der Waals surface area contributed by atoms with E-state index in [-0.39, 0.29) is 17.7 Å². The summed E-state index contributed by atoms with van der Waals surface area (Å²) in [6.45, 7) is 4.16. The largest absolute Gasteiger partial charge is 0.338 e. The van der Waals surface area contributed by atoms with E-state index in [1.165, 1.54) is 32.1 Å². The number of rotatable bonds is 4. The highest BCUT2D eigenvalue weighted by Crippen LogP contribution is 2.34. The van der Waals surface area contributed by atoms with E-state index < -0.39 is 0 Å². The third-order valence-corrected chi connectivity index (χ3v) is 7.38. The van der Waals surface area contributed by atoms with Gasteiger partial charge in [0.25, 0.3) is 5.91 Å². The maximum absolute atomic E-state index is 12.9. The normalized spacial score (nSPS) is 21.7. The summed E-state index contributed by atoms with van der Waals surface area (Å²) in [6, 6.07) is 9.45. The molecule has 1 aliphatic carbocycles. The number of anilines is 1. The minimum atomic E-state index is 0.0666. The number of fused-ring (bicyclic) bond motifs is 1. The van der Waals surface area contributed by atoms with Crippen LogP contribution in [0.1, 0.15) is 78.3 Å². The Bertz CT molecular complexity index is 1000. The van der Waals surface area contributed by atoms with E-state index in [1.807, 2.05) is 47.1 Å². The van der Waals surface area contributed by atoms with Gasteiger partial charge in [0.1, 0.15) is 11.6 Å². The predicted octanol–water partition coefficient (Wildman–Crippen LogP) is 4.27. The molecule has 6 nitrogen and oxygen atoms in total. The highest BCUT2D eigenvalue weighted by Gasteiger charge is 2.34. The Balaban J connectivity index is 1.37. The Labute approximate surface area is 190 Å². The molecule has 1 aromatic carbocycles. The molecule has 0 radical (unpaired) electrons. The summed E-state index contributed by atoms with van der Waals surface area (Å²) in [6.07, 6.45) is 8.38. The number of likely N-dealkylation sites (tertiary alicyclic amines) is 1. The van der Waals surface area contributed by atoms with E-state index in [0.29, 0.717) is 25.4 Å². The number of amides is 2. The van der Waals surface area contributed by atoms with Gasteiger partial charge < -0.3 is 4.90 Å². The number of hydrogen-bond donors (Lipinski definition) is 0. The standard InChI is InChI=1S/C26H32N4O2/c1-18-22-12-13-23(31)30(16-19-8-4-2-5-9-19)25(22)28-24(27-18)21-14-15-29(17-21)26(32)20-10-6-3-7-11-20/h3,6-7,10-11,19,21H,2,4-5,8-9,12-17H2,1H3. The number of aryl methyl sites for hydroxylation is 1. The molecule has 2 amide bonds. The van der Waals surface area contributed by atoms with E-state index in [4.69, 9.17) is 9.97 Å². The van der Waals surface area contributed by atoms with E-state index in [1.54, 1.807) is 0 Å². The predicted molar refractivity (Wildman–Crippen MR) is 124 cm³/mol. The Morgan fingerprint density at radius 2 is 1.81 bits per heavy atom. The molecular weight excluding hydrogens is 400 g/mol. The number of carbonyl (C=O) groups excluding carboxylic acids is 2. The molecule has 2 aromatic rings. The molecule has 1 saturated carbocycles. The summed E-state index contributed by atoms with van der Waals surface area (Å²) in [5.41, 5.74) is 2.83. The monoisotopic (exact) mass is 432 g/mol. The molecule has 2 fully saturated rings. The van der Waals surface area contributed by atoms with Crippen molar-refractivity contribution in [2.75, 3.05) is 24.5 Å². The summed E-state index contributed by atoms with van der Waals surface area (Å²) < 4.78 is 0. The van der Waals surface area contributed by atoms with E-state index in [0.717, 1.165) is 47.8 Å². The van der Waals surface area contributed by atoms with Crippen molar-refractivity contribution in [1.82, 2.24) is 14.9 Å². The van der Waals surface area contributed by atoms with Crippen molar-refractivity contribution in [3.8, 4) is 0 Å². The van der Waals surface area contributed by atoms with Gasteiger partial charge in [-0.1, -0.05) is 37.5 Å². The van der Waals surface area contributed by atoms with Crippen LogP contribution in [-0.2, 0) is 11.2 Å². The Kier molecular flexibility index (Phi) is 5.94. The van der Waals surface area contributed by atoms with Crippen LogP contribution in [0.3, 0.4) is 0 Å². The third-order valence-electron chi connectivity index (χ3n) is 7.38. The molecule has 3 heterocycles. The summed E-state index contributed by atoms with van der Waals surface area (Å²) >= 11 is 0. The first-order valence-electron chi connectivity index (χ1n) is 12.1. The van der Waals surface area contributed by atoms with Gasteiger partial charge in [-0.2, -0.15) is 0 Å². The minimum absolute atomic E-state index is 0.0666. The molecule has 168 valence electrons. The molecule has 0 N–H and O–H groups in total. The van der Waals surface area contributed by atoms with Crippen molar-refractivity contribution in [3.63, 3.8) is 0 Å². The second-order valence-corrected chi connectivity index (χ2v) is 9.58. The van der Waals surface area contributed by atoms with Crippen LogP contribution in [0.4, 0.5) is 5.82 Å². The number of nitrogens with zero attached hydrogens (tertiary/aromatic N) is 4. The first-order valence-corrected chi connectivity index (χ1v) is 12.1. The van der Waals surface area contributed by atoms with Crippen LogP contribution >= 0.6 is 0 Å². The van der Waals surface area contributed by atoms with Gasteiger partial charge in [0, 0.05) is 48.8 Å². The van der Waals surface area contributed by atoms with Crippen LogP contribution in [0, 0.1) is 12.8 Å². The molecule has 1 unspecified atom stereocenters. The number of carbonyl (C=O) groups is 2. The van der Waals surface area contributed by atoms with E-state index >= 15 is 0 Å². The summed E-state index contributed by atoms with van der Waals surface area (Å²) in [7, 11) is 0. The lowest BCUT2D eigenvalue weighted by Crippen LogP contribution is -2.40. The molecule has 2 aliphatic heterocycles. The smallest absolute Gasteiger partial charge is 0.253 e. The quantitative estimate of drug-likeness (QED) is 0.724. The molecule has 6 heteroatoms. The summed E-state index contributed by atoms with van der Waals surface area (Å²) in [4.78, 5) is 39.4. The van der Waals surface area contributed by atoms with Gasteiger partial charge in [0.15, 0.2) is 0 Å². The summed E-state index contributed by atoms with van der Waals surface area (Å²) in [5.74, 6) is 2.56. The Morgan fingerprint density at radius 3 is 2.59 bits per heavy atom. The van der Waals surface area contributed by atoms with Crippen LogP contribution in [-0.4, -0.2) is 46.3 Å². The van der Waals surface area contributed by atoms with Gasteiger partial charge >= 0.3 is 0 Å². The lowest BCUT2D eigenvalue weighted by atomic mass is 9.88. The maximum atomic E-state index is 12.9. The van der Waals surface area contributed by atoms with E-state index in [2.05, 4.69) is 0 Å². The zero-order chi connectivity index (χ0) is 22.1. The molecule has 0 spiro atoms. The highest BCUT2D eigenvalue weighted by atomic mass is 16.2. The lowest BCUT2D eigenvalue weighted by molar-refractivity contribution is -0.119. The second-order valence-electron chi connectivity index (χ2n) is 9.58. The Hall–Kier alpha value is -2.76. The molecule has 0 bridgehead atoms. The third kappa shape index (κ3) is 4.15. The SMILES string of the molecule is Cc1nc(C2CCN(C(=O)c3ccccc3)C2)nc2c1CCC(=O)N2CC1CCCCC1. The van der Waals surface area contributed by atoms with Gasteiger partial charge in [-0.3, -0.25) is 14.5 Å². The first-order chi connectivity index (χ1) is 15.6. The van der Waals surface area contributed by atoms with Crippen molar-refractivity contribution in [3.05, 3.63) is 53.0 Å². The average Bonchev–Trinajstić information content (AvgIpc) is 3.32. The average molecular weight is 433 g/mol. The number of benzene rings is 1. The molecule has 3 aliphatic rings. The molecule has 1 atom stereocenters. The van der Waals surface area contributed by atoms with Gasteiger partial charge in [0.2, 0.25) is 5.91 Å². The van der Waals surface area contributed by atoms with Gasteiger partial charge in [0.05, 0.1) is 0 Å². The van der Waals surface area contributed by atoms with Crippen molar-refractivity contribution in [1.29, 1.82) is 0 Å². The van der Waals surface area contributed by atoms with Crippen LogP contribution < -0.4 is 4.90 Å². The molecule has 1 saturated heterocycles. The molecular formula is C26H32N4O2. The van der Waals surface area contributed by atoms with Crippen LogP contribution in [0.5, 0.6) is 0 Å². The fourth-order valence-corrected chi connectivity index (χ4v) is 5.52. The minimum Gasteiger partial charge on any atom is -0.338 e. The van der Waals surface area contributed by atoms with Crippen LogP contribution in [0.25, 0.3) is 0 Å². The fraction of sp³-hybridized carbons (Fsp3) is 0.538. The van der Waals surface area contributed by atoms with Crippen molar-refractivity contribution < 1.29 is 9.59 Å². The maximum Gasteiger partial charge on any atom is 0.253 e. The van der Waals surface area contributed by atoms with Gasteiger partial charge in [-0.25, -0.2) is 9.97 Å². The van der Waals surface area contributed by atoms with Crippen molar-refractivity contribution in [2.24, 2.45) is 5.92 Å². The van der Waals surface area contributed by atoms with Gasteiger partial charge in [-0.05, 0) is 50.7 Å². The summed E-state index contributed by atoms with van der Waals surface area (Å²) in [5, 5.41) is 0. The van der Waals surface area contributed by atoms with Gasteiger partial charge in [-0.15, -0.1) is 0 Å². The zero-order valence-corrected chi connectivity index (χ0v) is 18.9. The Morgan fingerprint density at radius 1 is 1.03 bits per heavy atom. The first kappa shape index (κ1) is 21.1. The molecule has 5 rings (SSSR count). The van der Waals surface area contributed by atoms with Crippen LogP contribution in [0.15, 0.2) is 30.3 Å². The second kappa shape index (κ2) is 9.00. The van der Waals surface area contributed by atoms with Crippen molar-refractivity contribution >= 4 is 17.6 Å². The van der Waals surface area contributed by atoms with E-state index in [9.17, 15) is 9.59 Å². The fourth-order valence-electron chi connectivity index (χ4n) is 5.52. The number of hydrogen-bond acceptors (Lipinski definition) is 4. The topological polar surface area (TPSA) is 66.4 Å². The molecule has 32 heavy (non-hydrogen) atoms. The number of aromatic nitrogens is 2. The molecule has 1 aromatic heterocycles. The highest BCUT2D eigenvalue weighted by molar-refractivity contribution is 5.95. The zero-order valence-electron chi connectivity index (χ0n) is 18.9. The lowest BCUT2D eigenvalue weighted by Gasteiger charge is -2.33. The van der Waals surface area contributed by atoms with Crippen LogP contribution in [0.2, 0.25) is 0 Å². The van der Waals surface area contributed by atoms with Crippen molar-refractivity contribution in [2.45, 2.75) is 64.2 Å².